The van der Waals surface area contributed by atoms with Crippen molar-refractivity contribution in [1.29, 1.82) is 0 Å². The average molecular weight is 365 g/mol. The second-order valence-corrected chi connectivity index (χ2v) is 7.55. The van der Waals surface area contributed by atoms with Gasteiger partial charge in [-0.25, -0.2) is 0 Å². The van der Waals surface area contributed by atoms with Gasteiger partial charge in [-0.1, -0.05) is 44.2 Å². The molecular formula is C20H31NO5. The van der Waals surface area contributed by atoms with Crippen LogP contribution < -0.4 is 5.32 Å². The van der Waals surface area contributed by atoms with Gasteiger partial charge < -0.3 is 25.4 Å². The van der Waals surface area contributed by atoms with Gasteiger partial charge in [0, 0.05) is 5.92 Å². The molecule has 1 fully saturated rings. The molecule has 0 heterocycles. The van der Waals surface area contributed by atoms with E-state index in [0.717, 1.165) is 5.56 Å². The molecule has 0 aromatic heterocycles. The molecule has 146 valence electrons. The molecular weight excluding hydrogens is 334 g/mol. The van der Waals surface area contributed by atoms with Crippen LogP contribution in [0.4, 0.5) is 0 Å². The summed E-state index contributed by atoms with van der Waals surface area (Å²) in [5.41, 5.74) is 1.00. The average Bonchev–Trinajstić information content (AvgIpc) is 2.93. The highest BCUT2D eigenvalue weighted by Crippen LogP contribution is 2.29. The molecule has 3 unspecified atom stereocenters. The Balaban J connectivity index is 1.98. The van der Waals surface area contributed by atoms with Crippen molar-refractivity contribution >= 4 is 5.91 Å². The molecule has 4 atom stereocenters. The zero-order valence-electron chi connectivity index (χ0n) is 15.5. The minimum absolute atomic E-state index is 0.161. The van der Waals surface area contributed by atoms with E-state index in [1.54, 1.807) is 0 Å². The summed E-state index contributed by atoms with van der Waals surface area (Å²) in [5, 5.41) is 33.2. The Morgan fingerprint density at radius 3 is 2.38 bits per heavy atom. The zero-order chi connectivity index (χ0) is 19.1. The number of nitrogens with one attached hydrogen (secondary N) is 1. The Labute approximate surface area is 155 Å². The summed E-state index contributed by atoms with van der Waals surface area (Å²) >= 11 is 0. The van der Waals surface area contributed by atoms with E-state index < -0.39 is 36.2 Å². The number of carbonyl (C=O) groups is 1. The first-order valence-corrected chi connectivity index (χ1v) is 9.34. The topological polar surface area (TPSA) is 99.0 Å². The summed E-state index contributed by atoms with van der Waals surface area (Å²) < 4.78 is 5.73. The molecule has 0 aliphatic heterocycles. The van der Waals surface area contributed by atoms with Gasteiger partial charge in [0.05, 0.1) is 31.5 Å². The normalized spacial score (nSPS) is 25.2. The van der Waals surface area contributed by atoms with Crippen molar-refractivity contribution in [3.63, 3.8) is 0 Å². The lowest BCUT2D eigenvalue weighted by Gasteiger charge is -2.30. The van der Waals surface area contributed by atoms with Crippen LogP contribution in [-0.4, -0.2) is 52.2 Å². The molecule has 26 heavy (non-hydrogen) atoms. The first kappa shape index (κ1) is 20.8. The quantitative estimate of drug-likeness (QED) is 0.527. The van der Waals surface area contributed by atoms with E-state index in [0.29, 0.717) is 25.9 Å². The van der Waals surface area contributed by atoms with Crippen molar-refractivity contribution in [3.8, 4) is 0 Å². The van der Waals surface area contributed by atoms with Crippen LogP contribution in [0.15, 0.2) is 30.3 Å². The molecule has 1 aromatic carbocycles. The molecule has 2 rings (SSSR count). The van der Waals surface area contributed by atoms with E-state index in [1.807, 2.05) is 44.2 Å². The molecule has 4 N–H and O–H groups in total. The van der Waals surface area contributed by atoms with E-state index in [1.165, 1.54) is 0 Å². The third-order valence-corrected chi connectivity index (χ3v) is 4.85. The Morgan fingerprint density at radius 1 is 1.19 bits per heavy atom. The molecule has 0 saturated heterocycles. The number of aliphatic hydroxyl groups excluding tert-OH is 3. The molecule has 0 radical (unpaired) electrons. The van der Waals surface area contributed by atoms with Crippen molar-refractivity contribution in [3.05, 3.63) is 35.9 Å². The minimum atomic E-state index is -1.11. The van der Waals surface area contributed by atoms with Crippen molar-refractivity contribution in [1.82, 2.24) is 5.32 Å². The van der Waals surface area contributed by atoms with Gasteiger partial charge in [0.25, 0.3) is 0 Å². The first-order chi connectivity index (χ1) is 12.4. The molecule has 0 spiro atoms. The molecule has 1 aliphatic rings. The zero-order valence-corrected chi connectivity index (χ0v) is 15.5. The van der Waals surface area contributed by atoms with Gasteiger partial charge in [-0.05, 0) is 30.7 Å². The molecule has 6 heteroatoms. The Bertz CT molecular complexity index is 540. The maximum absolute atomic E-state index is 12.3. The second kappa shape index (κ2) is 10.0. The number of rotatable bonds is 9. The summed E-state index contributed by atoms with van der Waals surface area (Å²) in [4.78, 5) is 12.3. The van der Waals surface area contributed by atoms with Gasteiger partial charge in [-0.3, -0.25) is 4.79 Å². The Kier molecular flexibility index (Phi) is 8.03. The lowest BCUT2D eigenvalue weighted by Crippen LogP contribution is -2.52. The fraction of sp³-hybridized carbons (Fsp3) is 0.650. The Morgan fingerprint density at radius 2 is 1.81 bits per heavy atom. The predicted molar refractivity (Wildman–Crippen MR) is 98.2 cm³/mol. The van der Waals surface area contributed by atoms with E-state index >= 15 is 0 Å². The second-order valence-electron chi connectivity index (χ2n) is 7.55. The molecule has 1 amide bonds. The summed E-state index contributed by atoms with van der Waals surface area (Å²) in [6.45, 7) is 4.40. The van der Waals surface area contributed by atoms with E-state index in [2.05, 4.69) is 5.32 Å². The van der Waals surface area contributed by atoms with E-state index in [-0.39, 0.29) is 12.5 Å². The van der Waals surface area contributed by atoms with Crippen LogP contribution in [0.25, 0.3) is 0 Å². The van der Waals surface area contributed by atoms with Crippen LogP contribution in [0.3, 0.4) is 0 Å². The highest BCUT2D eigenvalue weighted by molar-refractivity contribution is 5.80. The number of carbonyl (C=O) groups excluding carboxylic acids is 1. The molecule has 0 bridgehead atoms. The monoisotopic (exact) mass is 365 g/mol. The van der Waals surface area contributed by atoms with Crippen LogP contribution >= 0.6 is 0 Å². The number of amides is 1. The van der Waals surface area contributed by atoms with E-state index in [4.69, 9.17) is 4.74 Å². The fourth-order valence-electron chi connectivity index (χ4n) is 3.48. The molecule has 6 nitrogen and oxygen atoms in total. The lowest BCUT2D eigenvalue weighted by molar-refractivity contribution is -0.132. The molecule has 1 aromatic rings. The van der Waals surface area contributed by atoms with Crippen LogP contribution in [0.5, 0.6) is 0 Å². The highest BCUT2D eigenvalue weighted by atomic mass is 16.5. The Hall–Kier alpha value is -1.47. The van der Waals surface area contributed by atoms with Gasteiger partial charge in [0.2, 0.25) is 5.91 Å². The van der Waals surface area contributed by atoms with Crippen molar-refractivity contribution in [2.45, 2.75) is 64.1 Å². The number of hydrogen-bond acceptors (Lipinski definition) is 5. The van der Waals surface area contributed by atoms with Gasteiger partial charge in [0.15, 0.2) is 0 Å². The lowest BCUT2D eigenvalue weighted by atomic mass is 9.94. The number of ether oxygens (including phenoxy) is 1. The summed E-state index contributed by atoms with van der Waals surface area (Å²) in [7, 11) is 0. The predicted octanol–water partition coefficient (Wildman–Crippen LogP) is 1.23. The van der Waals surface area contributed by atoms with Gasteiger partial charge in [0.1, 0.15) is 6.10 Å². The van der Waals surface area contributed by atoms with Gasteiger partial charge in [-0.2, -0.15) is 0 Å². The summed E-state index contributed by atoms with van der Waals surface area (Å²) in [6, 6.07) is 9.10. The highest BCUT2D eigenvalue weighted by Gasteiger charge is 2.40. The van der Waals surface area contributed by atoms with Crippen LogP contribution in [0, 0.1) is 11.8 Å². The maximum atomic E-state index is 12.3. The van der Waals surface area contributed by atoms with Gasteiger partial charge >= 0.3 is 0 Å². The standard InChI is InChI=1S/C20H31NO5/c1-13(2)10-18(24)20(25)21-15(19-16(22)8-9-17(19)23)12-26-11-14-6-4-3-5-7-14/h3-7,13,15-19,22-24H,8-12H2,1-2H3,(H,21,25)/t15-,16?,17?,18?,19?/m1/s1. The summed E-state index contributed by atoms with van der Waals surface area (Å²) in [6.07, 6.45) is -1.16. The number of benzene rings is 1. The third-order valence-electron chi connectivity index (χ3n) is 4.85. The van der Waals surface area contributed by atoms with Crippen LogP contribution in [0.1, 0.15) is 38.7 Å². The number of aliphatic hydroxyl groups is 3. The third kappa shape index (κ3) is 6.06. The largest absolute Gasteiger partial charge is 0.393 e. The smallest absolute Gasteiger partial charge is 0.249 e. The van der Waals surface area contributed by atoms with Crippen LogP contribution in [-0.2, 0) is 16.1 Å². The minimum Gasteiger partial charge on any atom is -0.393 e. The van der Waals surface area contributed by atoms with Gasteiger partial charge in [-0.15, -0.1) is 0 Å². The van der Waals surface area contributed by atoms with Crippen LogP contribution in [0.2, 0.25) is 0 Å². The maximum Gasteiger partial charge on any atom is 0.249 e. The first-order valence-electron chi connectivity index (χ1n) is 9.34. The SMILES string of the molecule is CC(C)CC(O)C(=O)N[C@H](COCc1ccccc1)C1C(O)CCC1O. The van der Waals surface area contributed by atoms with Crippen molar-refractivity contribution in [2.24, 2.45) is 11.8 Å². The van der Waals surface area contributed by atoms with Crippen molar-refractivity contribution in [2.75, 3.05) is 6.61 Å². The fourth-order valence-corrected chi connectivity index (χ4v) is 3.48. The summed E-state index contributed by atoms with van der Waals surface area (Å²) in [5.74, 6) is -0.800. The molecule has 1 aliphatic carbocycles. The van der Waals surface area contributed by atoms with Crippen molar-refractivity contribution < 1.29 is 24.9 Å². The van der Waals surface area contributed by atoms with E-state index in [9.17, 15) is 20.1 Å². The number of hydrogen-bond donors (Lipinski definition) is 4. The molecule has 1 saturated carbocycles.